The largest absolute Gasteiger partial charge is 0.321 e. The lowest BCUT2D eigenvalue weighted by Crippen LogP contribution is -2.18. The molecule has 27 heavy (non-hydrogen) atoms. The van der Waals surface area contributed by atoms with Gasteiger partial charge in [-0.1, -0.05) is 0 Å². The topological polar surface area (TPSA) is 105 Å². The van der Waals surface area contributed by atoms with Crippen molar-refractivity contribution in [3.8, 4) is 11.3 Å². The summed E-state index contributed by atoms with van der Waals surface area (Å²) in [6, 6.07) is 4.73. The van der Waals surface area contributed by atoms with Gasteiger partial charge in [0.1, 0.15) is 11.6 Å². The smallest absolute Gasteiger partial charge is 0.243 e. The average Bonchev–Trinajstić information content (AvgIpc) is 3.08. The average molecular weight is 374 g/mol. The zero-order chi connectivity index (χ0) is 19.2. The molecule has 2 heterocycles. The van der Waals surface area contributed by atoms with E-state index in [0.29, 0.717) is 29.9 Å². The van der Waals surface area contributed by atoms with Crippen molar-refractivity contribution in [3.05, 3.63) is 54.5 Å². The molecule has 0 radical (unpaired) electrons. The van der Waals surface area contributed by atoms with E-state index in [-0.39, 0.29) is 12.4 Å². The summed E-state index contributed by atoms with van der Waals surface area (Å²) in [6.45, 7) is 0.485. The number of anilines is 2. The van der Waals surface area contributed by atoms with Crippen LogP contribution in [-0.4, -0.2) is 30.9 Å². The van der Waals surface area contributed by atoms with Crippen LogP contribution in [-0.2, 0) is 11.3 Å². The van der Waals surface area contributed by atoms with Crippen molar-refractivity contribution < 1.29 is 18.8 Å². The summed E-state index contributed by atoms with van der Waals surface area (Å²) in [5, 5.41) is 15.6. The summed E-state index contributed by atoms with van der Waals surface area (Å²) in [5.41, 5.74) is 2.86. The molecule has 1 aromatic carbocycles. The van der Waals surface area contributed by atoms with Gasteiger partial charge in [-0.3, -0.25) is 14.7 Å². The van der Waals surface area contributed by atoms with Gasteiger partial charge in [-0.25, -0.2) is 24.2 Å². The molecule has 10 heteroatoms. The van der Waals surface area contributed by atoms with Crippen LogP contribution < -0.4 is 10.8 Å². The summed E-state index contributed by atoms with van der Waals surface area (Å²) in [6.07, 6.45) is 5.42. The Kier molecular flexibility index (Phi) is 5.67. The van der Waals surface area contributed by atoms with E-state index in [0.717, 1.165) is 6.07 Å². The van der Waals surface area contributed by atoms with E-state index < -0.39 is 17.5 Å². The zero-order valence-electron chi connectivity index (χ0n) is 14.1. The number of hydrogen-bond acceptors (Lipinski definition) is 6. The number of aromatic nitrogens is 4. The Labute approximate surface area is 152 Å². The maximum Gasteiger partial charge on any atom is 0.243 e. The molecule has 0 unspecified atom stereocenters. The minimum Gasteiger partial charge on any atom is -0.321 e. The molecule has 8 nitrogen and oxygen atoms in total. The lowest BCUT2D eigenvalue weighted by atomic mass is 10.1. The molecule has 1 amide bonds. The fourth-order valence-corrected chi connectivity index (χ4v) is 2.42. The van der Waals surface area contributed by atoms with E-state index >= 15 is 0 Å². The third-order valence-corrected chi connectivity index (χ3v) is 3.62. The first-order valence-corrected chi connectivity index (χ1v) is 8.05. The quantitative estimate of drug-likeness (QED) is 0.434. The number of benzene rings is 1. The second-order valence-electron chi connectivity index (χ2n) is 5.68. The monoisotopic (exact) mass is 374 g/mol. The van der Waals surface area contributed by atoms with Crippen LogP contribution in [0, 0.1) is 11.6 Å². The van der Waals surface area contributed by atoms with Gasteiger partial charge in [0.25, 0.3) is 0 Å². The number of rotatable bonds is 7. The van der Waals surface area contributed by atoms with Gasteiger partial charge in [-0.2, -0.15) is 5.10 Å². The standard InChI is InChI=1S/C17H16F2N6O2/c18-12-6-11(7-13(19)8-12)15-3-4-20-17(23-15)22-14-9-21-25(10-14)5-1-2-16(26)24-27/h3-4,6-10,27H,1-2,5H2,(H,24,26)(H,20,22,23). The zero-order valence-corrected chi connectivity index (χ0v) is 14.1. The summed E-state index contributed by atoms with van der Waals surface area (Å²) < 4.78 is 28.4. The van der Waals surface area contributed by atoms with Crippen molar-refractivity contribution >= 4 is 17.5 Å². The van der Waals surface area contributed by atoms with Gasteiger partial charge < -0.3 is 5.32 Å². The Bertz CT molecular complexity index is 926. The molecule has 3 rings (SSSR count). The maximum absolute atomic E-state index is 13.4. The van der Waals surface area contributed by atoms with Crippen molar-refractivity contribution in [1.29, 1.82) is 0 Å². The number of aryl methyl sites for hydroxylation is 1. The molecule has 0 atom stereocenters. The van der Waals surface area contributed by atoms with Crippen LogP contribution in [0.2, 0.25) is 0 Å². The lowest BCUT2D eigenvalue weighted by Gasteiger charge is -2.05. The molecule has 0 saturated heterocycles. The Hall–Kier alpha value is -3.40. The first-order valence-electron chi connectivity index (χ1n) is 8.05. The van der Waals surface area contributed by atoms with Crippen molar-refractivity contribution in [3.63, 3.8) is 0 Å². The fourth-order valence-electron chi connectivity index (χ4n) is 2.42. The normalized spacial score (nSPS) is 10.6. The number of hydroxylamine groups is 1. The van der Waals surface area contributed by atoms with Crippen LogP contribution in [0.4, 0.5) is 20.4 Å². The summed E-state index contributed by atoms with van der Waals surface area (Å²) >= 11 is 0. The van der Waals surface area contributed by atoms with E-state index in [1.807, 2.05) is 0 Å². The van der Waals surface area contributed by atoms with Crippen LogP contribution in [0.25, 0.3) is 11.3 Å². The number of nitrogens with zero attached hydrogens (tertiary/aromatic N) is 4. The molecular formula is C17H16F2N6O2. The van der Waals surface area contributed by atoms with E-state index in [1.54, 1.807) is 28.6 Å². The highest BCUT2D eigenvalue weighted by molar-refractivity contribution is 5.74. The number of carbonyl (C=O) groups is 1. The molecule has 3 aromatic rings. The van der Waals surface area contributed by atoms with Crippen molar-refractivity contribution in [2.24, 2.45) is 0 Å². The van der Waals surface area contributed by atoms with Crippen LogP contribution in [0.15, 0.2) is 42.9 Å². The van der Waals surface area contributed by atoms with Gasteiger partial charge in [0.2, 0.25) is 11.9 Å². The molecule has 3 N–H and O–H groups in total. The van der Waals surface area contributed by atoms with Gasteiger partial charge in [-0.05, 0) is 24.6 Å². The van der Waals surface area contributed by atoms with Crippen molar-refractivity contribution in [2.45, 2.75) is 19.4 Å². The second-order valence-corrected chi connectivity index (χ2v) is 5.68. The highest BCUT2D eigenvalue weighted by Gasteiger charge is 2.08. The Morgan fingerprint density at radius 2 is 2.00 bits per heavy atom. The third-order valence-electron chi connectivity index (χ3n) is 3.62. The predicted molar refractivity (Wildman–Crippen MR) is 92.1 cm³/mol. The molecule has 0 spiro atoms. The lowest BCUT2D eigenvalue weighted by molar-refractivity contribution is -0.129. The molecule has 0 aliphatic heterocycles. The minimum atomic E-state index is -0.686. The molecule has 0 fully saturated rings. The predicted octanol–water partition coefficient (Wildman–Crippen LogP) is 2.65. The van der Waals surface area contributed by atoms with Crippen LogP contribution >= 0.6 is 0 Å². The molecule has 0 saturated carbocycles. The maximum atomic E-state index is 13.4. The van der Waals surface area contributed by atoms with Gasteiger partial charge >= 0.3 is 0 Å². The number of carbonyl (C=O) groups excluding carboxylic acids is 1. The number of nitrogens with one attached hydrogen (secondary N) is 2. The third kappa shape index (κ3) is 5.05. The molecule has 0 aliphatic rings. The van der Waals surface area contributed by atoms with Gasteiger partial charge in [0.05, 0.1) is 17.6 Å². The first kappa shape index (κ1) is 18.4. The Morgan fingerprint density at radius 3 is 2.74 bits per heavy atom. The van der Waals surface area contributed by atoms with Crippen LogP contribution in [0.1, 0.15) is 12.8 Å². The van der Waals surface area contributed by atoms with Crippen molar-refractivity contribution in [1.82, 2.24) is 25.2 Å². The second kappa shape index (κ2) is 8.32. The SMILES string of the molecule is O=C(CCCn1cc(Nc2nccc(-c3cc(F)cc(F)c3)n2)cn1)NO. The van der Waals surface area contributed by atoms with E-state index in [9.17, 15) is 13.6 Å². The highest BCUT2D eigenvalue weighted by atomic mass is 19.1. The van der Waals surface area contributed by atoms with Crippen LogP contribution in [0.3, 0.4) is 0 Å². The van der Waals surface area contributed by atoms with Crippen molar-refractivity contribution in [2.75, 3.05) is 5.32 Å². The molecule has 0 bridgehead atoms. The van der Waals surface area contributed by atoms with Gasteiger partial charge in [-0.15, -0.1) is 0 Å². The number of halogens is 2. The summed E-state index contributed by atoms with van der Waals surface area (Å²) in [5.74, 6) is -1.58. The van der Waals surface area contributed by atoms with E-state index in [2.05, 4.69) is 20.4 Å². The minimum absolute atomic E-state index is 0.175. The fraction of sp³-hybridized carbons (Fsp3) is 0.176. The van der Waals surface area contributed by atoms with E-state index in [4.69, 9.17) is 5.21 Å². The van der Waals surface area contributed by atoms with E-state index in [1.165, 1.54) is 18.3 Å². The Morgan fingerprint density at radius 1 is 1.22 bits per heavy atom. The summed E-state index contributed by atoms with van der Waals surface area (Å²) in [4.78, 5) is 19.3. The van der Waals surface area contributed by atoms with Crippen LogP contribution in [0.5, 0.6) is 0 Å². The van der Waals surface area contributed by atoms with Gasteiger partial charge in [0, 0.05) is 37.0 Å². The number of amides is 1. The molecule has 0 aliphatic carbocycles. The molecule has 140 valence electrons. The molecule has 2 aromatic heterocycles. The molecular weight excluding hydrogens is 358 g/mol. The number of hydrogen-bond donors (Lipinski definition) is 3. The Balaban J connectivity index is 1.67. The highest BCUT2D eigenvalue weighted by Crippen LogP contribution is 2.21. The summed E-state index contributed by atoms with van der Waals surface area (Å²) in [7, 11) is 0. The first-order chi connectivity index (χ1) is 13.0. The van der Waals surface area contributed by atoms with Gasteiger partial charge in [0.15, 0.2) is 0 Å².